The van der Waals surface area contributed by atoms with Gasteiger partial charge in [0.1, 0.15) is 5.82 Å². The van der Waals surface area contributed by atoms with Crippen LogP contribution in [-0.4, -0.2) is 56.8 Å². The molecule has 2 rings (SSSR count). The summed E-state index contributed by atoms with van der Waals surface area (Å²) in [5.74, 6) is 0.773. The number of benzene rings is 1. The lowest BCUT2D eigenvalue weighted by atomic mass is 10.0. The summed E-state index contributed by atoms with van der Waals surface area (Å²) in [4.78, 5) is 6.65. The SMILES string of the molecule is CN=C(NCc1cc(C#N)ccc1F)NCC(C(C)C)N1CCOCC1.I. The molecule has 0 aromatic heterocycles. The van der Waals surface area contributed by atoms with Crippen LogP contribution in [0.3, 0.4) is 0 Å². The molecule has 0 radical (unpaired) electrons. The first kappa shape index (κ1) is 23.6. The molecule has 150 valence electrons. The van der Waals surface area contributed by atoms with Gasteiger partial charge >= 0.3 is 0 Å². The summed E-state index contributed by atoms with van der Waals surface area (Å²) in [5.41, 5.74) is 0.888. The highest BCUT2D eigenvalue weighted by atomic mass is 127. The van der Waals surface area contributed by atoms with Crippen LogP contribution in [0.1, 0.15) is 25.0 Å². The van der Waals surface area contributed by atoms with Crippen LogP contribution in [0.2, 0.25) is 0 Å². The third kappa shape index (κ3) is 7.24. The molecule has 27 heavy (non-hydrogen) atoms. The fourth-order valence-corrected chi connectivity index (χ4v) is 3.08. The second-order valence-electron chi connectivity index (χ2n) is 6.68. The van der Waals surface area contributed by atoms with Gasteiger partial charge in [-0.1, -0.05) is 13.8 Å². The van der Waals surface area contributed by atoms with Crippen LogP contribution in [0.15, 0.2) is 23.2 Å². The molecule has 1 unspecified atom stereocenters. The Morgan fingerprint density at radius 2 is 2.04 bits per heavy atom. The van der Waals surface area contributed by atoms with Gasteiger partial charge in [0.05, 0.1) is 24.8 Å². The van der Waals surface area contributed by atoms with E-state index in [2.05, 4.69) is 34.4 Å². The van der Waals surface area contributed by atoms with E-state index in [0.717, 1.165) is 32.8 Å². The van der Waals surface area contributed by atoms with Crippen molar-refractivity contribution in [3.05, 3.63) is 35.1 Å². The average molecular weight is 489 g/mol. The van der Waals surface area contributed by atoms with Crippen molar-refractivity contribution in [2.75, 3.05) is 39.9 Å². The smallest absolute Gasteiger partial charge is 0.191 e. The van der Waals surface area contributed by atoms with Gasteiger partial charge in [-0.05, 0) is 24.1 Å². The van der Waals surface area contributed by atoms with Crippen LogP contribution < -0.4 is 10.6 Å². The van der Waals surface area contributed by atoms with Crippen LogP contribution >= 0.6 is 24.0 Å². The molecule has 0 amide bonds. The number of hydrogen-bond acceptors (Lipinski definition) is 4. The van der Waals surface area contributed by atoms with Gasteiger partial charge in [0.2, 0.25) is 0 Å². The molecule has 1 saturated heterocycles. The summed E-state index contributed by atoms with van der Waals surface area (Å²) < 4.78 is 19.3. The van der Waals surface area contributed by atoms with Gasteiger partial charge in [-0.2, -0.15) is 5.26 Å². The number of hydrogen-bond donors (Lipinski definition) is 2. The summed E-state index contributed by atoms with van der Waals surface area (Å²) >= 11 is 0. The Morgan fingerprint density at radius 1 is 1.33 bits per heavy atom. The maximum absolute atomic E-state index is 13.9. The van der Waals surface area contributed by atoms with Crippen molar-refractivity contribution in [1.29, 1.82) is 5.26 Å². The van der Waals surface area contributed by atoms with Crippen LogP contribution in [0, 0.1) is 23.1 Å². The number of aliphatic imine (C=N–C) groups is 1. The van der Waals surface area contributed by atoms with E-state index in [1.165, 1.54) is 12.1 Å². The van der Waals surface area contributed by atoms with E-state index in [4.69, 9.17) is 10.00 Å². The Morgan fingerprint density at radius 3 is 2.63 bits per heavy atom. The van der Waals surface area contributed by atoms with Crippen LogP contribution in [0.5, 0.6) is 0 Å². The quantitative estimate of drug-likeness (QED) is 0.365. The fraction of sp³-hybridized carbons (Fsp3) is 0.579. The molecule has 1 aromatic carbocycles. The Labute approximate surface area is 178 Å². The number of guanidine groups is 1. The second kappa shape index (κ2) is 12.1. The van der Waals surface area contributed by atoms with Crippen molar-refractivity contribution in [1.82, 2.24) is 15.5 Å². The molecular weight excluding hydrogens is 460 g/mol. The van der Waals surface area contributed by atoms with Gasteiger partial charge in [0.25, 0.3) is 0 Å². The third-order valence-corrected chi connectivity index (χ3v) is 4.61. The molecule has 1 atom stereocenters. The molecule has 1 aliphatic heterocycles. The van der Waals surface area contributed by atoms with Crippen LogP contribution in [0.25, 0.3) is 0 Å². The molecule has 8 heteroatoms. The first-order chi connectivity index (χ1) is 12.5. The molecule has 0 spiro atoms. The minimum Gasteiger partial charge on any atom is -0.379 e. The highest BCUT2D eigenvalue weighted by Crippen LogP contribution is 2.12. The van der Waals surface area contributed by atoms with E-state index in [1.807, 2.05) is 6.07 Å². The van der Waals surface area contributed by atoms with Gasteiger partial charge in [-0.25, -0.2) is 4.39 Å². The third-order valence-electron chi connectivity index (χ3n) is 4.61. The second-order valence-corrected chi connectivity index (χ2v) is 6.68. The molecule has 0 bridgehead atoms. The zero-order chi connectivity index (χ0) is 18.9. The number of morpholine rings is 1. The summed E-state index contributed by atoms with van der Waals surface area (Å²) in [6.07, 6.45) is 0. The van der Waals surface area contributed by atoms with E-state index >= 15 is 0 Å². The molecular formula is C19H29FIN5O. The number of nitrogens with zero attached hydrogens (tertiary/aromatic N) is 3. The lowest BCUT2D eigenvalue weighted by Gasteiger charge is -2.37. The van der Waals surface area contributed by atoms with E-state index < -0.39 is 0 Å². The van der Waals surface area contributed by atoms with Crippen molar-refractivity contribution >= 4 is 29.9 Å². The first-order valence-corrected chi connectivity index (χ1v) is 9.00. The fourth-order valence-electron chi connectivity index (χ4n) is 3.08. The average Bonchev–Trinajstić information content (AvgIpc) is 2.66. The molecule has 6 nitrogen and oxygen atoms in total. The predicted octanol–water partition coefficient (Wildman–Crippen LogP) is 2.34. The summed E-state index contributed by atoms with van der Waals surface area (Å²) in [7, 11) is 1.69. The van der Waals surface area contributed by atoms with Crippen molar-refractivity contribution in [3.8, 4) is 6.07 Å². The maximum atomic E-state index is 13.9. The Bertz CT molecular complexity index is 656. The van der Waals surface area contributed by atoms with Gasteiger partial charge < -0.3 is 15.4 Å². The predicted molar refractivity (Wildman–Crippen MR) is 116 cm³/mol. The normalized spacial score (nSPS) is 16.4. The van der Waals surface area contributed by atoms with Crippen molar-refractivity contribution in [3.63, 3.8) is 0 Å². The highest BCUT2D eigenvalue weighted by molar-refractivity contribution is 14.0. The number of halogens is 2. The molecule has 0 saturated carbocycles. The zero-order valence-corrected chi connectivity index (χ0v) is 18.5. The van der Waals surface area contributed by atoms with E-state index in [9.17, 15) is 4.39 Å². The minimum absolute atomic E-state index is 0. The number of rotatable bonds is 6. The van der Waals surface area contributed by atoms with Crippen LogP contribution in [-0.2, 0) is 11.3 Å². The molecule has 1 fully saturated rings. The first-order valence-electron chi connectivity index (χ1n) is 9.00. The standard InChI is InChI=1S/C19H28FN5O.HI/c1-14(2)18(25-6-8-26-9-7-25)13-24-19(22-3)23-12-16-10-15(11-21)4-5-17(16)20;/h4-5,10,14,18H,6-9,12-13H2,1-3H3,(H2,22,23,24);1H. The zero-order valence-electron chi connectivity index (χ0n) is 16.2. The van der Waals surface area contributed by atoms with Crippen LogP contribution in [0.4, 0.5) is 4.39 Å². The monoisotopic (exact) mass is 489 g/mol. The topological polar surface area (TPSA) is 72.7 Å². The molecule has 2 N–H and O–H groups in total. The molecule has 1 aromatic rings. The van der Waals surface area contributed by atoms with Gasteiger partial charge in [0.15, 0.2) is 5.96 Å². The Hall–Kier alpha value is -1.44. The number of ether oxygens (including phenoxy) is 1. The molecule has 0 aliphatic carbocycles. The molecule has 1 aliphatic rings. The lowest BCUT2D eigenvalue weighted by molar-refractivity contribution is 0.00752. The maximum Gasteiger partial charge on any atom is 0.191 e. The molecule has 1 heterocycles. The van der Waals surface area contributed by atoms with Crippen molar-refractivity contribution in [2.45, 2.75) is 26.4 Å². The van der Waals surface area contributed by atoms with Crippen molar-refractivity contribution in [2.24, 2.45) is 10.9 Å². The van der Waals surface area contributed by atoms with E-state index in [1.54, 1.807) is 13.1 Å². The lowest BCUT2D eigenvalue weighted by Crippen LogP contribution is -2.52. The van der Waals surface area contributed by atoms with Gasteiger partial charge in [0, 0.05) is 44.8 Å². The summed E-state index contributed by atoms with van der Waals surface area (Å²) in [6.45, 7) is 8.84. The number of nitrogens with one attached hydrogen (secondary N) is 2. The number of nitriles is 1. The van der Waals surface area contributed by atoms with Gasteiger partial charge in [-0.3, -0.25) is 9.89 Å². The highest BCUT2D eigenvalue weighted by Gasteiger charge is 2.23. The Kier molecular flexibility index (Phi) is 10.6. The Balaban J connectivity index is 0.00000364. The van der Waals surface area contributed by atoms with Crippen molar-refractivity contribution < 1.29 is 9.13 Å². The summed E-state index contributed by atoms with van der Waals surface area (Å²) in [5, 5.41) is 15.4. The summed E-state index contributed by atoms with van der Waals surface area (Å²) in [6, 6.07) is 6.75. The van der Waals surface area contributed by atoms with E-state index in [-0.39, 0.29) is 36.3 Å². The minimum atomic E-state index is -0.333. The van der Waals surface area contributed by atoms with Gasteiger partial charge in [-0.15, -0.1) is 24.0 Å². The van der Waals surface area contributed by atoms with E-state index in [0.29, 0.717) is 29.0 Å². The largest absolute Gasteiger partial charge is 0.379 e.